The Morgan fingerprint density at radius 3 is 2.52 bits per heavy atom. The standard InChI is InChI=1S/C16H22FN3O3/c1-2-13(11-5-3-4-6-12(11)17)19-15(22)20-9-7-16(23,8-10-20)14(18)21/h3-6,13,23H,2,7-10H2,1H3,(H2,18,21)(H,19,22)/t13-/m0/s1. The Morgan fingerprint density at radius 2 is 2.00 bits per heavy atom. The van der Waals surface area contributed by atoms with E-state index in [0.29, 0.717) is 12.0 Å². The molecule has 4 N–H and O–H groups in total. The molecule has 1 aliphatic rings. The van der Waals surface area contributed by atoms with Crippen molar-refractivity contribution in [2.75, 3.05) is 13.1 Å². The summed E-state index contributed by atoms with van der Waals surface area (Å²) in [6.07, 6.45) is 0.754. The van der Waals surface area contributed by atoms with Crippen molar-refractivity contribution in [3.05, 3.63) is 35.6 Å². The average molecular weight is 323 g/mol. The third-order valence-electron chi connectivity index (χ3n) is 4.32. The van der Waals surface area contributed by atoms with Crippen LogP contribution in [-0.2, 0) is 4.79 Å². The molecule has 1 heterocycles. The van der Waals surface area contributed by atoms with Gasteiger partial charge in [0, 0.05) is 31.5 Å². The lowest BCUT2D eigenvalue weighted by Crippen LogP contribution is -2.55. The van der Waals surface area contributed by atoms with Crippen LogP contribution in [0, 0.1) is 5.82 Å². The van der Waals surface area contributed by atoms with E-state index in [9.17, 15) is 19.1 Å². The summed E-state index contributed by atoms with van der Waals surface area (Å²) >= 11 is 0. The van der Waals surface area contributed by atoms with Gasteiger partial charge in [0.2, 0.25) is 5.91 Å². The fourth-order valence-electron chi connectivity index (χ4n) is 2.72. The molecule has 0 aromatic heterocycles. The molecule has 7 heteroatoms. The monoisotopic (exact) mass is 323 g/mol. The molecule has 126 valence electrons. The summed E-state index contributed by atoms with van der Waals surface area (Å²) in [5.74, 6) is -1.13. The molecule has 1 fully saturated rings. The molecule has 1 aliphatic heterocycles. The molecule has 1 aromatic carbocycles. The summed E-state index contributed by atoms with van der Waals surface area (Å²) < 4.78 is 13.9. The highest BCUT2D eigenvalue weighted by Crippen LogP contribution is 2.23. The number of amides is 3. The zero-order valence-electron chi connectivity index (χ0n) is 13.1. The topological polar surface area (TPSA) is 95.7 Å². The van der Waals surface area contributed by atoms with Gasteiger partial charge in [-0.05, 0) is 12.5 Å². The Hall–Kier alpha value is -2.15. The first-order chi connectivity index (χ1) is 10.9. The number of nitrogens with one attached hydrogen (secondary N) is 1. The van der Waals surface area contributed by atoms with Gasteiger partial charge in [-0.25, -0.2) is 9.18 Å². The lowest BCUT2D eigenvalue weighted by molar-refractivity contribution is -0.140. The molecule has 0 radical (unpaired) electrons. The number of benzene rings is 1. The predicted octanol–water partition coefficient (Wildman–Crippen LogP) is 1.30. The van der Waals surface area contributed by atoms with E-state index in [2.05, 4.69) is 5.32 Å². The largest absolute Gasteiger partial charge is 0.380 e. The van der Waals surface area contributed by atoms with Crippen molar-refractivity contribution < 1.29 is 19.1 Å². The summed E-state index contributed by atoms with van der Waals surface area (Å²) in [6.45, 7) is 2.30. The molecule has 3 amide bonds. The minimum absolute atomic E-state index is 0.103. The van der Waals surface area contributed by atoms with E-state index in [0.717, 1.165) is 0 Å². The quantitative estimate of drug-likeness (QED) is 0.779. The van der Waals surface area contributed by atoms with Crippen molar-refractivity contribution in [2.24, 2.45) is 5.73 Å². The van der Waals surface area contributed by atoms with Crippen molar-refractivity contribution in [1.82, 2.24) is 10.2 Å². The fraction of sp³-hybridized carbons (Fsp3) is 0.500. The number of rotatable bonds is 4. The van der Waals surface area contributed by atoms with Crippen molar-refractivity contribution in [1.29, 1.82) is 0 Å². The van der Waals surface area contributed by atoms with E-state index in [4.69, 9.17) is 5.73 Å². The third-order valence-corrected chi connectivity index (χ3v) is 4.32. The van der Waals surface area contributed by atoms with Crippen molar-refractivity contribution in [3.8, 4) is 0 Å². The van der Waals surface area contributed by atoms with Crippen LogP contribution in [-0.4, -0.2) is 40.6 Å². The molecule has 1 saturated heterocycles. The van der Waals surface area contributed by atoms with Crippen molar-refractivity contribution >= 4 is 11.9 Å². The predicted molar refractivity (Wildman–Crippen MR) is 82.9 cm³/mol. The highest BCUT2D eigenvalue weighted by molar-refractivity contribution is 5.84. The van der Waals surface area contributed by atoms with E-state index in [1.54, 1.807) is 18.2 Å². The van der Waals surface area contributed by atoms with Gasteiger partial charge in [-0.1, -0.05) is 25.1 Å². The molecule has 1 atom stereocenters. The number of piperidine rings is 1. The summed E-state index contributed by atoms with van der Waals surface area (Å²) in [6, 6.07) is 5.56. The number of aliphatic hydroxyl groups is 1. The molecule has 0 spiro atoms. The highest BCUT2D eigenvalue weighted by Gasteiger charge is 2.39. The van der Waals surface area contributed by atoms with Crippen LogP contribution in [0.4, 0.5) is 9.18 Å². The molecule has 2 rings (SSSR count). The third kappa shape index (κ3) is 3.79. The van der Waals surface area contributed by atoms with Gasteiger partial charge in [0.25, 0.3) is 0 Å². The molecule has 0 bridgehead atoms. The molecule has 0 aliphatic carbocycles. The number of hydrogen-bond acceptors (Lipinski definition) is 3. The van der Waals surface area contributed by atoms with Crippen LogP contribution < -0.4 is 11.1 Å². The first-order valence-corrected chi connectivity index (χ1v) is 7.69. The van der Waals surface area contributed by atoms with E-state index in [-0.39, 0.29) is 37.8 Å². The normalized spacial score (nSPS) is 18.3. The van der Waals surface area contributed by atoms with E-state index in [1.807, 2.05) is 6.92 Å². The minimum Gasteiger partial charge on any atom is -0.380 e. The fourth-order valence-corrected chi connectivity index (χ4v) is 2.72. The molecule has 6 nitrogen and oxygen atoms in total. The summed E-state index contributed by atoms with van der Waals surface area (Å²) in [7, 11) is 0. The molecule has 0 unspecified atom stereocenters. The van der Waals surface area contributed by atoms with E-state index >= 15 is 0 Å². The first kappa shape index (κ1) is 17.2. The maximum absolute atomic E-state index is 13.9. The summed E-state index contributed by atoms with van der Waals surface area (Å²) in [4.78, 5) is 25.0. The Kier molecular flexibility index (Phi) is 5.20. The van der Waals surface area contributed by atoms with Crippen molar-refractivity contribution in [2.45, 2.75) is 37.8 Å². The number of carbonyl (C=O) groups excluding carboxylic acids is 2. The number of urea groups is 1. The van der Waals surface area contributed by atoms with Crippen molar-refractivity contribution in [3.63, 3.8) is 0 Å². The first-order valence-electron chi connectivity index (χ1n) is 7.69. The number of carbonyl (C=O) groups is 2. The van der Waals surface area contributed by atoms with Crippen LogP contribution in [0.3, 0.4) is 0 Å². The van der Waals surface area contributed by atoms with Crippen LogP contribution in [0.2, 0.25) is 0 Å². The Labute approximate surface area is 134 Å². The maximum atomic E-state index is 13.9. The number of likely N-dealkylation sites (tertiary alicyclic amines) is 1. The second-order valence-corrected chi connectivity index (χ2v) is 5.81. The number of halogens is 1. The SMILES string of the molecule is CC[C@H](NC(=O)N1CCC(O)(C(N)=O)CC1)c1ccccc1F. The number of nitrogens with zero attached hydrogens (tertiary/aromatic N) is 1. The van der Waals surface area contributed by atoms with Crippen LogP contribution in [0.25, 0.3) is 0 Å². The summed E-state index contributed by atoms with van der Waals surface area (Å²) in [5.41, 5.74) is 4.06. The maximum Gasteiger partial charge on any atom is 0.317 e. The van der Waals surface area contributed by atoms with Gasteiger partial charge >= 0.3 is 6.03 Å². The molecule has 0 saturated carbocycles. The Bertz CT molecular complexity index is 586. The minimum atomic E-state index is -1.55. The van der Waals surface area contributed by atoms with Gasteiger partial charge in [-0.3, -0.25) is 4.79 Å². The zero-order valence-corrected chi connectivity index (χ0v) is 13.1. The van der Waals surface area contributed by atoms with Gasteiger partial charge in [0.15, 0.2) is 0 Å². The second kappa shape index (κ2) is 6.95. The molecule has 23 heavy (non-hydrogen) atoms. The Balaban J connectivity index is 1.99. The van der Waals surface area contributed by atoms with Gasteiger partial charge in [0.05, 0.1) is 6.04 Å². The van der Waals surface area contributed by atoms with E-state index in [1.165, 1.54) is 11.0 Å². The summed E-state index contributed by atoms with van der Waals surface area (Å²) in [5, 5.41) is 12.8. The number of primary amides is 1. The zero-order chi connectivity index (χ0) is 17.0. The molecule has 1 aromatic rings. The van der Waals surface area contributed by atoms with Crippen LogP contribution in [0.1, 0.15) is 37.8 Å². The highest BCUT2D eigenvalue weighted by atomic mass is 19.1. The molecular formula is C16H22FN3O3. The van der Waals surface area contributed by atoms with Gasteiger partial charge < -0.3 is 21.1 Å². The molecular weight excluding hydrogens is 301 g/mol. The Morgan fingerprint density at radius 1 is 1.39 bits per heavy atom. The second-order valence-electron chi connectivity index (χ2n) is 5.81. The average Bonchev–Trinajstić information content (AvgIpc) is 2.53. The number of hydrogen-bond donors (Lipinski definition) is 3. The number of nitrogens with two attached hydrogens (primary N) is 1. The lowest BCUT2D eigenvalue weighted by Gasteiger charge is -2.36. The lowest BCUT2D eigenvalue weighted by atomic mass is 9.91. The van der Waals surface area contributed by atoms with Gasteiger partial charge in [-0.15, -0.1) is 0 Å². The van der Waals surface area contributed by atoms with Crippen LogP contribution in [0.5, 0.6) is 0 Å². The van der Waals surface area contributed by atoms with Gasteiger partial charge in [-0.2, -0.15) is 0 Å². The van der Waals surface area contributed by atoms with Gasteiger partial charge in [0.1, 0.15) is 11.4 Å². The van der Waals surface area contributed by atoms with Crippen LogP contribution in [0.15, 0.2) is 24.3 Å². The smallest absolute Gasteiger partial charge is 0.317 e. The van der Waals surface area contributed by atoms with E-state index < -0.39 is 17.6 Å². The van der Waals surface area contributed by atoms with Crippen LogP contribution >= 0.6 is 0 Å².